The Bertz CT molecular complexity index is 299. The summed E-state index contributed by atoms with van der Waals surface area (Å²) < 4.78 is 0. The topological polar surface area (TPSA) is 61.4 Å². The average molecular weight is 284 g/mol. The largest absolute Gasteiger partial charge is 0.396 e. The van der Waals surface area contributed by atoms with Crippen molar-refractivity contribution < 1.29 is 9.90 Å². The van der Waals surface area contributed by atoms with Crippen LogP contribution in [-0.4, -0.2) is 36.8 Å². The van der Waals surface area contributed by atoms with Crippen LogP contribution in [0.15, 0.2) is 0 Å². The van der Waals surface area contributed by atoms with Crippen LogP contribution in [0.4, 0.5) is 0 Å². The lowest BCUT2D eigenvalue weighted by atomic mass is 9.75. The van der Waals surface area contributed by atoms with Crippen molar-refractivity contribution in [3.63, 3.8) is 0 Å². The Labute approximate surface area is 123 Å². The van der Waals surface area contributed by atoms with Crippen LogP contribution in [0.1, 0.15) is 59.8 Å². The fourth-order valence-electron chi connectivity index (χ4n) is 3.13. The van der Waals surface area contributed by atoms with Crippen LogP contribution in [0.25, 0.3) is 0 Å². The van der Waals surface area contributed by atoms with Crippen LogP contribution in [0, 0.1) is 10.8 Å². The molecule has 3 N–H and O–H groups in total. The van der Waals surface area contributed by atoms with Gasteiger partial charge in [0.15, 0.2) is 0 Å². The van der Waals surface area contributed by atoms with Crippen molar-refractivity contribution in [3.05, 3.63) is 0 Å². The molecule has 0 bridgehead atoms. The lowest BCUT2D eigenvalue weighted by Crippen LogP contribution is -2.55. The van der Waals surface area contributed by atoms with Gasteiger partial charge in [-0.2, -0.15) is 0 Å². The van der Waals surface area contributed by atoms with Gasteiger partial charge in [0.05, 0.1) is 5.41 Å². The second-order valence-corrected chi connectivity index (χ2v) is 7.22. The zero-order valence-corrected chi connectivity index (χ0v) is 13.6. The zero-order chi connectivity index (χ0) is 15.2. The maximum Gasteiger partial charge on any atom is 0.227 e. The summed E-state index contributed by atoms with van der Waals surface area (Å²) in [6.45, 7) is 10.4. The van der Waals surface area contributed by atoms with E-state index in [0.29, 0.717) is 6.42 Å². The van der Waals surface area contributed by atoms with Crippen molar-refractivity contribution in [2.24, 2.45) is 10.8 Å². The second kappa shape index (κ2) is 7.41. The molecule has 4 nitrogen and oxygen atoms in total. The van der Waals surface area contributed by atoms with E-state index >= 15 is 0 Å². The maximum atomic E-state index is 12.8. The molecule has 4 heteroatoms. The second-order valence-electron chi connectivity index (χ2n) is 7.22. The Morgan fingerprint density at radius 2 is 2.15 bits per heavy atom. The number of aliphatic hydroxyl groups is 1. The predicted molar refractivity (Wildman–Crippen MR) is 82.5 cm³/mol. The van der Waals surface area contributed by atoms with E-state index in [0.717, 1.165) is 38.8 Å². The molecule has 2 unspecified atom stereocenters. The first kappa shape index (κ1) is 17.4. The molecule has 0 saturated carbocycles. The normalized spacial score (nSPS) is 25.2. The van der Waals surface area contributed by atoms with Gasteiger partial charge in [0.25, 0.3) is 0 Å². The summed E-state index contributed by atoms with van der Waals surface area (Å²) in [5.74, 6) is 0.167. The van der Waals surface area contributed by atoms with Gasteiger partial charge < -0.3 is 15.7 Å². The van der Waals surface area contributed by atoms with E-state index in [4.69, 9.17) is 0 Å². The minimum absolute atomic E-state index is 0.0238. The molecule has 2 atom stereocenters. The summed E-state index contributed by atoms with van der Waals surface area (Å²) in [6.07, 6.45) is 4.60. The molecule has 0 spiro atoms. The molecule has 1 fully saturated rings. The molecular formula is C16H32N2O2. The molecule has 0 radical (unpaired) electrons. The summed E-state index contributed by atoms with van der Waals surface area (Å²) in [4.78, 5) is 12.8. The molecule has 0 aromatic heterocycles. The van der Waals surface area contributed by atoms with Crippen molar-refractivity contribution in [2.45, 2.75) is 65.8 Å². The highest BCUT2D eigenvalue weighted by molar-refractivity contribution is 5.83. The highest BCUT2D eigenvalue weighted by Crippen LogP contribution is 2.33. The lowest BCUT2D eigenvalue weighted by molar-refractivity contribution is -0.134. The first-order chi connectivity index (χ1) is 9.35. The number of rotatable bonds is 6. The van der Waals surface area contributed by atoms with E-state index in [1.807, 2.05) is 0 Å². The summed E-state index contributed by atoms with van der Waals surface area (Å²) in [6, 6.07) is 0.0238. The molecule has 118 valence electrons. The molecule has 20 heavy (non-hydrogen) atoms. The molecule has 0 aromatic rings. The average Bonchev–Trinajstić information content (AvgIpc) is 2.38. The van der Waals surface area contributed by atoms with Crippen molar-refractivity contribution in [3.8, 4) is 0 Å². The lowest BCUT2D eigenvalue weighted by Gasteiger charge is -2.40. The Hall–Kier alpha value is -0.610. The minimum Gasteiger partial charge on any atom is -0.396 e. The van der Waals surface area contributed by atoms with Gasteiger partial charge in [-0.15, -0.1) is 0 Å². The minimum atomic E-state index is -0.258. The van der Waals surface area contributed by atoms with E-state index < -0.39 is 0 Å². The molecule has 1 aliphatic rings. The number of aliphatic hydroxyl groups excluding tert-OH is 1. The zero-order valence-electron chi connectivity index (χ0n) is 13.6. The third kappa shape index (κ3) is 4.45. The number of nitrogens with one attached hydrogen (secondary N) is 2. The van der Waals surface area contributed by atoms with Crippen LogP contribution in [0.2, 0.25) is 0 Å². The van der Waals surface area contributed by atoms with E-state index in [9.17, 15) is 9.90 Å². The molecular weight excluding hydrogens is 252 g/mol. The predicted octanol–water partition coefficient (Wildman–Crippen LogP) is 2.07. The number of hydrogen-bond donors (Lipinski definition) is 3. The van der Waals surface area contributed by atoms with Gasteiger partial charge in [-0.05, 0) is 37.6 Å². The Morgan fingerprint density at radius 3 is 2.60 bits per heavy atom. The number of hydrogen-bond acceptors (Lipinski definition) is 3. The molecule has 1 aliphatic heterocycles. The Balaban J connectivity index is 2.78. The van der Waals surface area contributed by atoms with Gasteiger partial charge in [-0.25, -0.2) is 0 Å². The number of piperidine rings is 1. The van der Waals surface area contributed by atoms with Gasteiger partial charge in [0, 0.05) is 19.2 Å². The molecule has 0 aromatic carbocycles. The van der Waals surface area contributed by atoms with Crippen LogP contribution in [-0.2, 0) is 4.79 Å². The van der Waals surface area contributed by atoms with E-state index in [1.165, 1.54) is 0 Å². The smallest absolute Gasteiger partial charge is 0.227 e. The van der Waals surface area contributed by atoms with Gasteiger partial charge in [0.2, 0.25) is 5.91 Å². The molecule has 1 rings (SSSR count). The van der Waals surface area contributed by atoms with Crippen molar-refractivity contribution >= 4 is 5.91 Å². The fourth-order valence-corrected chi connectivity index (χ4v) is 3.13. The Morgan fingerprint density at radius 1 is 1.45 bits per heavy atom. The summed E-state index contributed by atoms with van der Waals surface area (Å²) in [7, 11) is 0. The van der Waals surface area contributed by atoms with Gasteiger partial charge in [-0.3, -0.25) is 4.79 Å². The maximum absolute atomic E-state index is 12.8. The van der Waals surface area contributed by atoms with E-state index in [2.05, 4.69) is 38.3 Å². The van der Waals surface area contributed by atoms with E-state index in [1.54, 1.807) is 0 Å². The number of carbonyl (C=O) groups excluding carboxylic acids is 1. The van der Waals surface area contributed by atoms with Gasteiger partial charge >= 0.3 is 0 Å². The third-order valence-electron chi connectivity index (χ3n) is 4.45. The number of carbonyl (C=O) groups is 1. The Kier molecular flexibility index (Phi) is 6.46. The van der Waals surface area contributed by atoms with Crippen LogP contribution >= 0.6 is 0 Å². The summed E-state index contributed by atoms with van der Waals surface area (Å²) >= 11 is 0. The molecule has 1 heterocycles. The van der Waals surface area contributed by atoms with Crippen LogP contribution < -0.4 is 10.6 Å². The van der Waals surface area contributed by atoms with E-state index in [-0.39, 0.29) is 29.4 Å². The highest BCUT2D eigenvalue weighted by Gasteiger charge is 2.40. The van der Waals surface area contributed by atoms with Crippen molar-refractivity contribution in [1.29, 1.82) is 0 Å². The standard InChI is InChI=1S/C16H32N2O2/c1-5-8-16(9-6-10-17-12-16)14(20)18-13(7-11-19)15(2,3)4/h13,17,19H,5-12H2,1-4H3,(H,18,20). The molecule has 0 aliphatic carbocycles. The van der Waals surface area contributed by atoms with Crippen molar-refractivity contribution in [2.75, 3.05) is 19.7 Å². The molecule has 1 saturated heterocycles. The monoisotopic (exact) mass is 284 g/mol. The van der Waals surface area contributed by atoms with Crippen LogP contribution in [0.3, 0.4) is 0 Å². The van der Waals surface area contributed by atoms with Gasteiger partial charge in [-0.1, -0.05) is 34.1 Å². The highest BCUT2D eigenvalue weighted by atomic mass is 16.3. The van der Waals surface area contributed by atoms with Gasteiger partial charge in [0.1, 0.15) is 0 Å². The third-order valence-corrected chi connectivity index (χ3v) is 4.45. The van der Waals surface area contributed by atoms with Crippen molar-refractivity contribution in [1.82, 2.24) is 10.6 Å². The summed E-state index contributed by atoms with van der Waals surface area (Å²) in [5.41, 5.74) is -0.292. The first-order valence-electron chi connectivity index (χ1n) is 7.98. The molecule has 1 amide bonds. The van der Waals surface area contributed by atoms with Crippen LogP contribution in [0.5, 0.6) is 0 Å². The first-order valence-corrected chi connectivity index (χ1v) is 7.98. The SMILES string of the molecule is CCCC1(C(=O)NC(CCO)C(C)(C)C)CCCNC1. The quantitative estimate of drug-likeness (QED) is 0.700. The number of amides is 1. The summed E-state index contributed by atoms with van der Waals surface area (Å²) in [5, 5.41) is 15.8. The fraction of sp³-hybridized carbons (Fsp3) is 0.938.